The van der Waals surface area contributed by atoms with Crippen molar-refractivity contribution in [2.45, 2.75) is 43.4 Å². The van der Waals surface area contributed by atoms with E-state index in [9.17, 15) is 34.8 Å². The number of aliphatic hydroxyl groups is 4. The van der Waals surface area contributed by atoms with Crippen molar-refractivity contribution in [3.8, 4) is 0 Å². The molecule has 168 valence electrons. The summed E-state index contributed by atoms with van der Waals surface area (Å²) in [5.74, 6) is -5.03. The van der Waals surface area contributed by atoms with Crippen LogP contribution in [0.2, 0.25) is 0 Å². The minimum Gasteiger partial charge on any atom is -0.471 e. The highest BCUT2D eigenvalue weighted by Gasteiger charge is 2.57. The van der Waals surface area contributed by atoms with Gasteiger partial charge in [0, 0.05) is 12.3 Å². The lowest BCUT2D eigenvalue weighted by Crippen LogP contribution is -2.60. The number of methoxy groups -OCH3 is 2. The van der Waals surface area contributed by atoms with Gasteiger partial charge in [-0.25, -0.2) is 4.79 Å². The molecule has 2 aliphatic heterocycles. The van der Waals surface area contributed by atoms with E-state index in [-0.39, 0.29) is 12.0 Å². The third-order valence-corrected chi connectivity index (χ3v) is 5.64. The van der Waals surface area contributed by atoms with Crippen LogP contribution in [0.3, 0.4) is 0 Å². The van der Waals surface area contributed by atoms with Crippen LogP contribution in [0.5, 0.6) is 0 Å². The van der Waals surface area contributed by atoms with E-state index in [1.54, 1.807) is 0 Å². The van der Waals surface area contributed by atoms with Crippen molar-refractivity contribution >= 4 is 17.7 Å². The van der Waals surface area contributed by atoms with Gasteiger partial charge in [-0.05, 0) is 0 Å². The lowest BCUT2D eigenvalue weighted by molar-refractivity contribution is -0.342. The number of ketones is 1. The number of hydrogen-bond acceptors (Lipinski definition) is 12. The normalized spacial score (nSPS) is 40.8. The summed E-state index contributed by atoms with van der Waals surface area (Å²) in [6, 6.07) is 0. The molecule has 1 saturated heterocycles. The van der Waals surface area contributed by atoms with Gasteiger partial charge in [0.1, 0.15) is 30.2 Å². The number of fused-ring (bicyclic) bond motifs is 1. The number of hydrogen-bond donors (Lipinski definition) is 4. The molecular formula is C18H24O12. The zero-order chi connectivity index (χ0) is 22.2. The summed E-state index contributed by atoms with van der Waals surface area (Å²) in [6.07, 6.45) is -8.38. The molecule has 3 aliphatic rings. The average molecular weight is 432 g/mol. The maximum absolute atomic E-state index is 12.6. The zero-order valence-electron chi connectivity index (χ0n) is 16.2. The van der Waals surface area contributed by atoms with Crippen molar-refractivity contribution in [1.82, 2.24) is 0 Å². The van der Waals surface area contributed by atoms with Crippen molar-refractivity contribution in [1.29, 1.82) is 0 Å². The molecule has 0 aromatic heterocycles. The van der Waals surface area contributed by atoms with Gasteiger partial charge < -0.3 is 44.1 Å². The average Bonchev–Trinajstić information content (AvgIpc) is 3.10. The summed E-state index contributed by atoms with van der Waals surface area (Å²) in [5.41, 5.74) is -0.0902. The largest absolute Gasteiger partial charge is 0.471 e. The van der Waals surface area contributed by atoms with Crippen LogP contribution >= 0.6 is 0 Å². The molecule has 1 aliphatic carbocycles. The molecule has 0 amide bonds. The van der Waals surface area contributed by atoms with Crippen LogP contribution in [0.1, 0.15) is 6.42 Å². The molecule has 0 spiro atoms. The van der Waals surface area contributed by atoms with Crippen LogP contribution in [-0.4, -0.2) is 96.0 Å². The van der Waals surface area contributed by atoms with Crippen LogP contribution in [0, 0.1) is 17.8 Å². The first kappa shape index (κ1) is 22.6. The lowest BCUT2D eigenvalue weighted by atomic mass is 9.82. The molecule has 0 radical (unpaired) electrons. The fraction of sp³-hybridized carbons (Fsp3) is 0.722. The third kappa shape index (κ3) is 3.82. The number of esters is 2. The zero-order valence-corrected chi connectivity index (χ0v) is 16.2. The number of Topliss-reactive ketones (excluding diaryl/α,β-unsaturated/α-hetero) is 1. The van der Waals surface area contributed by atoms with Gasteiger partial charge in [-0.2, -0.15) is 0 Å². The molecule has 0 aromatic rings. The quantitative estimate of drug-likeness (QED) is 0.329. The Bertz CT molecular complexity index is 718. The van der Waals surface area contributed by atoms with E-state index in [2.05, 4.69) is 4.74 Å². The number of carbonyl (C=O) groups is 3. The summed E-state index contributed by atoms with van der Waals surface area (Å²) in [5, 5.41) is 39.3. The van der Waals surface area contributed by atoms with E-state index in [4.69, 9.17) is 18.9 Å². The van der Waals surface area contributed by atoms with Gasteiger partial charge in [0.25, 0.3) is 0 Å². The molecule has 12 heteroatoms. The Balaban J connectivity index is 1.90. The van der Waals surface area contributed by atoms with E-state index in [1.807, 2.05) is 0 Å². The molecule has 1 saturated carbocycles. The molecule has 12 nitrogen and oxygen atoms in total. The topological polar surface area (TPSA) is 178 Å². The second-order valence-electron chi connectivity index (χ2n) is 7.26. The van der Waals surface area contributed by atoms with Gasteiger partial charge in [-0.15, -0.1) is 0 Å². The van der Waals surface area contributed by atoms with E-state index < -0.39 is 79.1 Å². The molecular weight excluding hydrogens is 408 g/mol. The van der Waals surface area contributed by atoms with Crippen molar-refractivity contribution in [2.24, 2.45) is 17.8 Å². The van der Waals surface area contributed by atoms with Crippen molar-refractivity contribution in [3.05, 3.63) is 11.8 Å². The van der Waals surface area contributed by atoms with Gasteiger partial charge in [-0.1, -0.05) is 0 Å². The summed E-state index contributed by atoms with van der Waals surface area (Å²) >= 11 is 0. The van der Waals surface area contributed by atoms with Gasteiger partial charge in [-0.3, -0.25) is 9.59 Å². The van der Waals surface area contributed by atoms with Crippen LogP contribution in [0.25, 0.3) is 0 Å². The van der Waals surface area contributed by atoms with Gasteiger partial charge in [0.2, 0.25) is 6.29 Å². The standard InChI is InChI=1S/C18H24O12/c1-26-15(24)6-3-8(20)10-7(16(25)27-2)5-28-17(11(6)10)30-18-14(23)13(22)12(21)9(4-19)29-18/h5-6,9-14,17-19,21-23H,3-4H2,1-2H3. The van der Waals surface area contributed by atoms with Crippen molar-refractivity contribution in [2.75, 3.05) is 20.8 Å². The first-order chi connectivity index (χ1) is 14.2. The number of aliphatic hydroxyl groups excluding tert-OH is 4. The van der Waals surface area contributed by atoms with Crippen molar-refractivity contribution < 1.29 is 58.5 Å². The molecule has 2 heterocycles. The summed E-state index contributed by atoms with van der Waals surface area (Å²) in [7, 11) is 2.28. The number of rotatable bonds is 5. The Kier molecular flexibility index (Phi) is 6.75. The van der Waals surface area contributed by atoms with Crippen LogP contribution in [-0.2, 0) is 38.1 Å². The van der Waals surface area contributed by atoms with Crippen LogP contribution in [0.4, 0.5) is 0 Å². The fourth-order valence-electron chi connectivity index (χ4n) is 4.08. The Morgan fingerprint density at radius 1 is 1.10 bits per heavy atom. The van der Waals surface area contributed by atoms with Crippen LogP contribution < -0.4 is 0 Å². The Hall–Kier alpha value is -2.09. The summed E-state index contributed by atoms with van der Waals surface area (Å²) in [6.45, 7) is -0.669. The van der Waals surface area contributed by atoms with Gasteiger partial charge in [0.15, 0.2) is 6.29 Å². The number of ether oxygens (including phenoxy) is 5. The minimum atomic E-state index is -1.72. The predicted octanol–water partition coefficient (Wildman–Crippen LogP) is -2.79. The Labute approximate surface area is 170 Å². The number of carbonyl (C=O) groups excluding carboxylic acids is 3. The SMILES string of the molecule is COC(=O)C1=COC(OC2OC(CO)C(O)C(O)C2O)C2C(C(=O)OC)CC(=O)C12. The predicted molar refractivity (Wildman–Crippen MR) is 91.9 cm³/mol. The Morgan fingerprint density at radius 2 is 1.80 bits per heavy atom. The molecule has 0 bridgehead atoms. The van der Waals surface area contributed by atoms with E-state index >= 15 is 0 Å². The van der Waals surface area contributed by atoms with E-state index in [0.29, 0.717) is 0 Å². The smallest absolute Gasteiger partial charge is 0.337 e. The Morgan fingerprint density at radius 3 is 2.40 bits per heavy atom. The highest BCUT2D eigenvalue weighted by atomic mass is 16.8. The third-order valence-electron chi connectivity index (χ3n) is 5.64. The van der Waals surface area contributed by atoms with Crippen LogP contribution in [0.15, 0.2) is 11.8 Å². The van der Waals surface area contributed by atoms with Gasteiger partial charge in [0.05, 0.1) is 44.5 Å². The van der Waals surface area contributed by atoms with Crippen molar-refractivity contribution in [3.63, 3.8) is 0 Å². The first-order valence-corrected chi connectivity index (χ1v) is 9.25. The van der Waals surface area contributed by atoms with E-state index in [0.717, 1.165) is 20.5 Å². The summed E-state index contributed by atoms with van der Waals surface area (Å²) in [4.78, 5) is 36.9. The minimum absolute atomic E-state index is 0.0902. The maximum atomic E-state index is 12.6. The molecule has 4 N–H and O–H groups in total. The van der Waals surface area contributed by atoms with Gasteiger partial charge >= 0.3 is 11.9 Å². The molecule has 9 unspecified atom stereocenters. The second-order valence-corrected chi connectivity index (χ2v) is 7.26. The fourth-order valence-corrected chi connectivity index (χ4v) is 4.08. The first-order valence-electron chi connectivity index (χ1n) is 9.25. The monoisotopic (exact) mass is 432 g/mol. The molecule has 3 rings (SSSR count). The molecule has 9 atom stereocenters. The second kappa shape index (κ2) is 8.96. The molecule has 0 aromatic carbocycles. The molecule has 30 heavy (non-hydrogen) atoms. The van der Waals surface area contributed by atoms with E-state index in [1.165, 1.54) is 0 Å². The highest BCUT2D eigenvalue weighted by molar-refractivity contribution is 6.01. The lowest BCUT2D eigenvalue weighted by Gasteiger charge is -2.42. The summed E-state index contributed by atoms with van der Waals surface area (Å²) < 4.78 is 25.8. The maximum Gasteiger partial charge on any atom is 0.337 e. The highest BCUT2D eigenvalue weighted by Crippen LogP contribution is 2.46. The molecule has 2 fully saturated rings.